The first-order chi connectivity index (χ1) is 5.70. The summed E-state index contributed by atoms with van der Waals surface area (Å²) in [5.74, 6) is 0. The van der Waals surface area contributed by atoms with E-state index in [9.17, 15) is 0 Å². The molecule has 0 nitrogen and oxygen atoms in total. The van der Waals surface area contributed by atoms with E-state index in [2.05, 4.69) is 41.5 Å². The second-order valence-electron chi connectivity index (χ2n) is 2.65. The first-order valence-corrected chi connectivity index (χ1v) is 5.62. The minimum absolute atomic E-state index is 1.06. The average Bonchev–Trinajstić information content (AvgIpc) is 2.32. The molecule has 3 heteroatoms. The highest BCUT2D eigenvalue weighted by Crippen LogP contribution is 2.37. The Balaban J connectivity index is 2.95. The van der Waals surface area contributed by atoms with Crippen LogP contribution < -0.4 is 0 Å². The Morgan fingerprint density at radius 3 is 2.83 bits per heavy atom. The van der Waals surface area contributed by atoms with Crippen molar-refractivity contribution in [3.8, 4) is 0 Å². The number of halogens is 1. The highest BCUT2D eigenvalue weighted by molar-refractivity contribution is 9.11. The summed E-state index contributed by atoms with van der Waals surface area (Å²) in [6.45, 7) is 2.12. The van der Waals surface area contributed by atoms with Crippen LogP contribution in [0.4, 0.5) is 0 Å². The number of hydrogen-bond donors (Lipinski definition) is 1. The molecule has 0 aliphatic rings. The van der Waals surface area contributed by atoms with E-state index < -0.39 is 0 Å². The van der Waals surface area contributed by atoms with E-state index in [-0.39, 0.29) is 0 Å². The van der Waals surface area contributed by atoms with Crippen LogP contribution in [0.2, 0.25) is 0 Å². The minimum atomic E-state index is 1.06. The predicted molar refractivity (Wildman–Crippen MR) is 61.5 cm³/mol. The molecule has 0 fully saturated rings. The van der Waals surface area contributed by atoms with E-state index >= 15 is 0 Å². The molecule has 2 rings (SSSR count). The fourth-order valence-electron chi connectivity index (χ4n) is 1.20. The molecule has 0 aliphatic heterocycles. The van der Waals surface area contributed by atoms with Crippen molar-refractivity contribution in [3.63, 3.8) is 0 Å². The first kappa shape index (κ1) is 8.60. The molecule has 1 aromatic carbocycles. The maximum Gasteiger partial charge on any atom is 0.0740 e. The second-order valence-corrected chi connectivity index (χ2v) is 5.47. The van der Waals surface area contributed by atoms with Gasteiger partial charge in [-0.3, -0.25) is 0 Å². The molecule has 0 aliphatic carbocycles. The summed E-state index contributed by atoms with van der Waals surface area (Å²) in [7, 11) is 0. The molecule has 0 atom stereocenters. The molecule has 1 aromatic heterocycles. The number of benzene rings is 1. The molecule has 0 radical (unpaired) electrons. The Hall–Kier alpha value is 0.01000. The van der Waals surface area contributed by atoms with Gasteiger partial charge in [-0.25, -0.2) is 0 Å². The molecule has 1 heterocycles. The predicted octanol–water partition coefficient (Wildman–Crippen LogP) is 4.26. The Morgan fingerprint density at radius 1 is 1.42 bits per heavy atom. The van der Waals surface area contributed by atoms with Crippen LogP contribution in [-0.4, -0.2) is 0 Å². The van der Waals surface area contributed by atoms with E-state index in [4.69, 9.17) is 0 Å². The van der Waals surface area contributed by atoms with Gasteiger partial charge in [-0.05, 0) is 39.9 Å². The third-order valence-corrected chi connectivity index (χ3v) is 4.62. The van der Waals surface area contributed by atoms with Crippen LogP contribution in [0.1, 0.15) is 5.56 Å². The molecule has 2 aromatic rings. The van der Waals surface area contributed by atoms with E-state index in [0.717, 1.165) is 4.90 Å². The molecular weight excluding hydrogens is 252 g/mol. The van der Waals surface area contributed by atoms with Crippen LogP contribution in [0.25, 0.3) is 10.1 Å². The number of hydrogen-bond acceptors (Lipinski definition) is 2. The molecule has 12 heavy (non-hydrogen) atoms. The van der Waals surface area contributed by atoms with Gasteiger partial charge in [0, 0.05) is 9.60 Å². The van der Waals surface area contributed by atoms with E-state index in [1.165, 1.54) is 19.4 Å². The highest BCUT2D eigenvalue weighted by Gasteiger charge is 2.06. The summed E-state index contributed by atoms with van der Waals surface area (Å²) >= 11 is 9.67. The highest BCUT2D eigenvalue weighted by atomic mass is 79.9. The van der Waals surface area contributed by atoms with Gasteiger partial charge in [-0.15, -0.1) is 24.0 Å². The maximum atomic E-state index is 4.40. The maximum absolute atomic E-state index is 4.40. The lowest BCUT2D eigenvalue weighted by atomic mass is 10.2. The summed E-state index contributed by atoms with van der Waals surface area (Å²) in [5.41, 5.74) is 1.31. The monoisotopic (exact) mass is 258 g/mol. The van der Waals surface area contributed by atoms with Gasteiger partial charge in [-0.2, -0.15) is 0 Å². The third kappa shape index (κ3) is 1.20. The zero-order valence-electron chi connectivity index (χ0n) is 6.47. The largest absolute Gasteiger partial charge is 0.142 e. The second kappa shape index (κ2) is 3.05. The fourth-order valence-corrected chi connectivity index (χ4v) is 3.19. The van der Waals surface area contributed by atoms with Crippen molar-refractivity contribution in [1.29, 1.82) is 0 Å². The molecule has 0 amide bonds. The van der Waals surface area contributed by atoms with Crippen molar-refractivity contribution >= 4 is 50.0 Å². The topological polar surface area (TPSA) is 0 Å². The number of aryl methyl sites for hydroxylation is 1. The fraction of sp³-hybridized carbons (Fsp3) is 0.111. The number of fused-ring (bicyclic) bond motifs is 1. The molecule has 0 saturated heterocycles. The standard InChI is InChI=1S/C9H7BrS2/c1-5-6-3-2-4-7(11)8(6)12-9(5)10/h2-4,11H,1H3. The Kier molecular flexibility index (Phi) is 2.19. The van der Waals surface area contributed by atoms with E-state index in [0.29, 0.717) is 0 Å². The molecule has 0 N–H and O–H groups in total. The normalized spacial score (nSPS) is 10.9. The van der Waals surface area contributed by atoms with Crippen molar-refractivity contribution in [2.45, 2.75) is 11.8 Å². The molecular formula is C9H7BrS2. The van der Waals surface area contributed by atoms with Crippen LogP contribution in [-0.2, 0) is 0 Å². The van der Waals surface area contributed by atoms with Crippen molar-refractivity contribution in [2.24, 2.45) is 0 Å². The molecule has 0 spiro atoms. The van der Waals surface area contributed by atoms with Gasteiger partial charge in [0.25, 0.3) is 0 Å². The van der Waals surface area contributed by atoms with Gasteiger partial charge in [-0.1, -0.05) is 12.1 Å². The van der Waals surface area contributed by atoms with Gasteiger partial charge >= 0.3 is 0 Å². The molecule has 62 valence electrons. The zero-order valence-corrected chi connectivity index (χ0v) is 9.76. The van der Waals surface area contributed by atoms with Crippen molar-refractivity contribution in [3.05, 3.63) is 27.5 Å². The molecule has 0 bridgehead atoms. The quantitative estimate of drug-likeness (QED) is 0.671. The number of thiophene rings is 1. The summed E-state index contributed by atoms with van der Waals surface area (Å²) in [5, 5.41) is 1.30. The number of thiol groups is 1. The Labute approximate surface area is 89.1 Å². The van der Waals surface area contributed by atoms with Crippen molar-refractivity contribution in [1.82, 2.24) is 0 Å². The van der Waals surface area contributed by atoms with Crippen LogP contribution in [0.5, 0.6) is 0 Å². The summed E-state index contributed by atoms with van der Waals surface area (Å²) in [4.78, 5) is 1.06. The molecule has 0 unspecified atom stereocenters. The molecule has 0 saturated carbocycles. The summed E-state index contributed by atoms with van der Waals surface area (Å²) in [6, 6.07) is 6.19. The van der Waals surface area contributed by atoms with Gasteiger partial charge in [0.05, 0.1) is 3.79 Å². The zero-order chi connectivity index (χ0) is 8.72. The summed E-state index contributed by atoms with van der Waals surface area (Å²) in [6.07, 6.45) is 0. The van der Waals surface area contributed by atoms with Gasteiger partial charge in [0.2, 0.25) is 0 Å². The summed E-state index contributed by atoms with van der Waals surface area (Å²) < 4.78 is 2.48. The van der Waals surface area contributed by atoms with Gasteiger partial charge in [0.15, 0.2) is 0 Å². The minimum Gasteiger partial charge on any atom is -0.142 e. The Bertz CT molecular complexity index is 431. The first-order valence-electron chi connectivity index (χ1n) is 3.56. The lowest BCUT2D eigenvalue weighted by Gasteiger charge is -1.93. The Morgan fingerprint density at radius 2 is 2.17 bits per heavy atom. The van der Waals surface area contributed by atoms with Gasteiger partial charge in [0.1, 0.15) is 0 Å². The smallest absolute Gasteiger partial charge is 0.0740 e. The van der Waals surface area contributed by atoms with Crippen molar-refractivity contribution in [2.75, 3.05) is 0 Å². The van der Waals surface area contributed by atoms with Crippen LogP contribution in [0.3, 0.4) is 0 Å². The van der Waals surface area contributed by atoms with E-state index in [1.807, 2.05) is 12.1 Å². The van der Waals surface area contributed by atoms with E-state index in [1.54, 1.807) is 11.3 Å². The van der Waals surface area contributed by atoms with Crippen LogP contribution in [0, 0.1) is 6.92 Å². The lowest BCUT2D eigenvalue weighted by molar-refractivity contribution is 1.54. The van der Waals surface area contributed by atoms with Crippen LogP contribution in [0.15, 0.2) is 26.9 Å². The lowest BCUT2D eigenvalue weighted by Crippen LogP contribution is -1.68. The van der Waals surface area contributed by atoms with Crippen LogP contribution >= 0.6 is 39.9 Å². The number of rotatable bonds is 0. The van der Waals surface area contributed by atoms with Crippen molar-refractivity contribution < 1.29 is 0 Å². The average molecular weight is 259 g/mol. The SMILES string of the molecule is Cc1c(Br)sc2c(S)cccc12. The third-order valence-electron chi connectivity index (χ3n) is 1.88. The van der Waals surface area contributed by atoms with Gasteiger partial charge < -0.3 is 0 Å².